The van der Waals surface area contributed by atoms with Gasteiger partial charge in [-0.2, -0.15) is 68.6 Å². The first kappa shape index (κ1) is 106. The van der Waals surface area contributed by atoms with Gasteiger partial charge in [0.05, 0.1) is 5.60 Å². The molecule has 3 aliphatic heterocycles. The lowest BCUT2D eigenvalue weighted by Gasteiger charge is -2.31. The minimum atomic E-state index is -4.13. The third-order valence-electron chi connectivity index (χ3n) is 11.5. The minimum Gasteiger partial charge on any atom is -0.594 e. The molecule has 6 aliphatic rings. The second-order valence-electron chi connectivity index (χ2n) is 29.0. The number of ether oxygens (including phenoxy) is 4. The van der Waals surface area contributed by atoms with Crippen LogP contribution in [0.25, 0.3) is 0 Å². The summed E-state index contributed by atoms with van der Waals surface area (Å²) < 4.78 is 189. The van der Waals surface area contributed by atoms with E-state index in [1.807, 2.05) is 42.7 Å². The van der Waals surface area contributed by atoms with Crippen molar-refractivity contribution in [2.24, 2.45) is 24.8 Å². The normalized spacial score (nSPS) is 17.4. The molecule has 3 saturated carbocycles. The summed E-state index contributed by atoms with van der Waals surface area (Å²) in [5.74, 6) is 0. The minimum absolute atomic E-state index is 0.0371. The Kier molecular flexibility index (Phi) is 46.6. The molecule has 0 unspecified atom stereocenters. The molecule has 1 aromatic heterocycles. The van der Waals surface area contributed by atoms with Crippen LogP contribution in [0.1, 0.15) is 142 Å². The number of nitrogens with one attached hydrogen (secondary N) is 6. The van der Waals surface area contributed by atoms with Crippen LogP contribution in [0.4, 0.5) is 20.1 Å². The highest BCUT2D eigenvalue weighted by atomic mass is 35.7. The molecule has 0 radical (unpaired) electrons. The standard InChI is InChI=1S/C12H19N3O4S.C10H21N3O4S.C8H16N2O4S.C5H10ClNO4S.C5H13N3O2S.C5H12N2.C4H10O.C3H8N2O2S.C3H7N.CClNO3S/c1-12(2,3)19-11(16)13-20(17,18)15-8-6-10(7-9-15)14(4)5;1-10(2,3)17-9(14)11-18(15,16)13-7-5-12(4)6-8-13;1-8(2,3)14-7(11)10-15(12,13)9-6-4-5-6;1-5(2,3)11-4(8)7-12(6,9)10;1-7-2-4-8(5-3-7)11(6,9)10;1-7-4-2-6-3-5-7;1-4(2,3)5;4-8(6,7)5-3-1-2-3;4-3-1-2-3;2-7(5,6)3-1-4/h6-9H,1-5H3;5-8H2,1-4H3,(H,11,14);6,9H,4-5H2,1-3H3,(H,10,11);1-3H3,(H,7,8);2-5H2,1H3,(H2,6,9,10);6H,2-5H2,1H3;5H,1-3H3;3,5H,1-2H2,(H2,4,6,7);3H,1-2,4H2;. The van der Waals surface area contributed by atoms with E-state index in [2.05, 4.69) is 61.0 Å². The van der Waals surface area contributed by atoms with Gasteiger partial charge in [-0.15, -0.1) is 8.42 Å². The fourth-order valence-corrected chi connectivity index (χ4v) is 11.2. The van der Waals surface area contributed by atoms with Gasteiger partial charge in [-0.1, -0.05) is 33.5 Å². The molecular formula is C56H116Cl2N18O24S7. The van der Waals surface area contributed by atoms with Gasteiger partial charge in [-0.25, -0.2) is 43.6 Å². The summed E-state index contributed by atoms with van der Waals surface area (Å²) in [6.07, 6.45) is 5.28. The van der Waals surface area contributed by atoms with Crippen molar-refractivity contribution in [3.05, 3.63) is 24.5 Å². The van der Waals surface area contributed by atoms with Gasteiger partial charge in [-0.05, 0) is 143 Å². The Morgan fingerprint density at radius 2 is 0.916 bits per heavy atom. The molecule has 630 valence electrons. The number of hydrogen-bond donors (Lipinski definition) is 10. The second kappa shape index (κ2) is 46.9. The van der Waals surface area contributed by atoms with Crippen molar-refractivity contribution in [1.82, 2.24) is 52.2 Å². The number of piperazine rings is 3. The van der Waals surface area contributed by atoms with Gasteiger partial charge >= 0.3 is 67.4 Å². The van der Waals surface area contributed by atoms with Gasteiger partial charge in [0.25, 0.3) is 26.5 Å². The predicted molar refractivity (Wildman–Crippen MR) is 403 cm³/mol. The van der Waals surface area contributed by atoms with Crippen molar-refractivity contribution < 1.29 is 111 Å². The Bertz CT molecular complexity index is 3760. The molecule has 3 amide bonds. The average Bonchev–Trinajstić information content (AvgIpc) is 1.46. The highest BCUT2D eigenvalue weighted by Gasteiger charge is 2.32. The molecule has 3 saturated heterocycles. The first-order chi connectivity index (χ1) is 47.8. The van der Waals surface area contributed by atoms with Crippen molar-refractivity contribution in [2.45, 2.75) is 189 Å². The van der Waals surface area contributed by atoms with Gasteiger partial charge in [0, 0.05) is 156 Å². The Balaban J connectivity index is -0.00000116. The lowest BCUT2D eigenvalue weighted by atomic mass is 10.2. The molecule has 0 atom stereocenters. The number of nitrogens with zero attached hydrogens (tertiary/aromatic N) is 9. The number of carbonyl (C=O) groups is 3. The second-order valence-corrected chi connectivity index (χ2v) is 41.0. The Morgan fingerprint density at radius 3 is 1.18 bits per heavy atom. The van der Waals surface area contributed by atoms with E-state index in [0.717, 1.165) is 67.6 Å². The molecule has 0 bridgehead atoms. The van der Waals surface area contributed by atoms with Crippen LogP contribution >= 0.6 is 21.4 Å². The number of likely N-dealkylation sites (N-methyl/N-ethyl adjacent to an activating group) is 3. The van der Waals surface area contributed by atoms with E-state index < -0.39 is 122 Å². The maximum atomic E-state index is 11.9. The largest absolute Gasteiger partial charge is 0.594 e. The topological polar surface area (TPSA) is 586 Å². The number of aromatic nitrogens is 1. The fourth-order valence-electron chi connectivity index (χ4n) is 6.43. The number of nitrogens with two attached hydrogens (primary N) is 3. The zero-order valence-electron chi connectivity index (χ0n) is 64.5. The molecule has 13 N–H and O–H groups in total. The van der Waals surface area contributed by atoms with E-state index in [1.165, 1.54) is 51.7 Å². The van der Waals surface area contributed by atoms with Gasteiger partial charge in [0.2, 0.25) is 0 Å². The van der Waals surface area contributed by atoms with Gasteiger partial charge in [-0.3, -0.25) is 0 Å². The number of amides is 3. The number of halogens is 2. The number of anilines is 1. The van der Waals surface area contributed by atoms with Crippen LogP contribution in [0, 0.1) is 0 Å². The molecule has 42 nitrogen and oxygen atoms in total. The molecule has 3 aliphatic carbocycles. The van der Waals surface area contributed by atoms with Crippen molar-refractivity contribution in [1.29, 1.82) is 0 Å². The highest BCUT2D eigenvalue weighted by molar-refractivity contribution is 8.13. The van der Waals surface area contributed by atoms with Gasteiger partial charge < -0.3 is 59.8 Å². The van der Waals surface area contributed by atoms with Crippen LogP contribution in [0.3, 0.4) is 0 Å². The molecule has 51 heteroatoms. The number of carbonyl (C=O) groups excluding carboxylic acids is 4. The summed E-state index contributed by atoms with van der Waals surface area (Å²) in [5.41, 5.74) is 2.58. The lowest BCUT2D eigenvalue weighted by molar-refractivity contribution is -0.511. The van der Waals surface area contributed by atoms with Crippen molar-refractivity contribution in [3.8, 4) is 0 Å². The SMILES string of the molecule is CC(C)(C)O.CC(C)(C)OC(=O)NS(=O)(=O)Cl.CC(C)(C)OC(=O)NS(=O)(=O)NC1CC1.CN(C)c1cc[n+](S(=O)(=O)N=C([O-])OC(C)(C)C)cc1.CN1CCN(S(=O)(=O)NC(=O)OC(C)(C)C)CC1.CN1CCN(S(N)(=O)=O)CC1.CN1CCNCC1.NC1CC1.NS(=O)(=O)NC1CC1.O=C=NS(=O)(=O)Cl. The van der Waals surface area contributed by atoms with Crippen LogP contribution in [0.15, 0.2) is 33.3 Å². The quantitative estimate of drug-likeness (QED) is 0.0276. The van der Waals surface area contributed by atoms with Crippen LogP contribution in [-0.2, 0) is 93.3 Å². The molecule has 0 aromatic carbocycles. The van der Waals surface area contributed by atoms with Crippen LogP contribution in [0.2, 0.25) is 0 Å². The summed E-state index contributed by atoms with van der Waals surface area (Å²) in [6, 6.07) is 3.87. The maximum Gasteiger partial charge on any atom is 0.493 e. The van der Waals surface area contributed by atoms with Gasteiger partial charge in [0.15, 0.2) is 18.5 Å². The lowest BCUT2D eigenvalue weighted by Crippen LogP contribution is -2.52. The van der Waals surface area contributed by atoms with Crippen molar-refractivity contribution in [2.75, 3.05) is 119 Å². The average molecular weight is 1720 g/mol. The van der Waals surface area contributed by atoms with E-state index in [9.17, 15) is 78.4 Å². The van der Waals surface area contributed by atoms with E-state index in [-0.39, 0.29) is 12.1 Å². The number of rotatable bonds is 13. The summed E-state index contributed by atoms with van der Waals surface area (Å²) in [6.45, 7) is 34.3. The van der Waals surface area contributed by atoms with E-state index >= 15 is 0 Å². The van der Waals surface area contributed by atoms with E-state index in [4.69, 9.17) is 45.7 Å². The van der Waals surface area contributed by atoms with Gasteiger partial charge in [0.1, 0.15) is 16.8 Å². The Labute approximate surface area is 642 Å². The summed E-state index contributed by atoms with van der Waals surface area (Å²) in [7, 11) is -7.80. The van der Waals surface area contributed by atoms with E-state index in [1.54, 1.807) is 121 Å². The Morgan fingerprint density at radius 1 is 0.579 bits per heavy atom. The zero-order chi connectivity index (χ0) is 84.4. The molecule has 107 heavy (non-hydrogen) atoms. The van der Waals surface area contributed by atoms with Crippen molar-refractivity contribution >= 4 is 127 Å². The van der Waals surface area contributed by atoms with Crippen molar-refractivity contribution in [3.63, 3.8) is 0 Å². The highest BCUT2D eigenvalue weighted by Crippen LogP contribution is 2.20. The van der Waals surface area contributed by atoms with Crippen LogP contribution in [-0.4, -0.2) is 278 Å². The number of isocyanates is 1. The summed E-state index contributed by atoms with van der Waals surface area (Å²) in [5, 5.41) is 32.8. The number of pyridine rings is 1. The first-order valence-electron chi connectivity index (χ1n) is 32.6. The van der Waals surface area contributed by atoms with Crippen LogP contribution < -0.4 is 58.9 Å². The molecular weight excluding hydrogens is 1600 g/mol. The third-order valence-corrected chi connectivity index (χ3v) is 18.1. The van der Waals surface area contributed by atoms with E-state index in [0.29, 0.717) is 45.3 Å². The maximum absolute atomic E-state index is 11.9. The molecule has 7 rings (SSSR count). The number of aliphatic hydroxyl groups is 1. The fraction of sp³-hybridized carbons (Fsp3) is 0.821. The monoisotopic (exact) mass is 1720 g/mol. The molecule has 4 heterocycles. The third kappa shape index (κ3) is 71.2. The predicted octanol–water partition coefficient (Wildman–Crippen LogP) is -1.24. The molecule has 6 fully saturated rings. The van der Waals surface area contributed by atoms with Crippen LogP contribution in [0.5, 0.6) is 0 Å². The first-order valence-corrected chi connectivity index (χ1v) is 44.5. The molecule has 1 aromatic rings. The zero-order valence-corrected chi connectivity index (χ0v) is 71.7. The Hall–Kier alpha value is -4.84. The smallest absolute Gasteiger partial charge is 0.493 e. The molecule has 0 spiro atoms. The summed E-state index contributed by atoms with van der Waals surface area (Å²) in [4.78, 5) is 50.5. The number of hydrogen-bond acceptors (Lipinski definition) is 30. The summed E-state index contributed by atoms with van der Waals surface area (Å²) >= 11 is 0.